The molecule has 0 spiro atoms. The molecule has 23 heavy (non-hydrogen) atoms. The highest BCUT2D eigenvalue weighted by atomic mass is 16.5. The number of amides is 1. The Hall–Kier alpha value is -2.37. The van der Waals surface area contributed by atoms with Crippen LogP contribution in [0.3, 0.4) is 0 Å². The minimum atomic E-state index is -0.797. The third-order valence-corrected chi connectivity index (χ3v) is 3.18. The Balaban J connectivity index is 2.53. The number of carbonyl (C=O) groups is 3. The van der Waals surface area contributed by atoms with E-state index in [2.05, 4.69) is 10.1 Å². The number of anilines is 1. The highest BCUT2D eigenvalue weighted by Crippen LogP contribution is 2.13. The molecule has 126 valence electrons. The summed E-state index contributed by atoms with van der Waals surface area (Å²) in [6.45, 7) is 4.04. The SMILES string of the molecule is COC(=O)Nc1ccc(C[C@@H](C=O)OC(=O)CCC(C)C)cc1. The smallest absolute Gasteiger partial charge is 0.411 e. The summed E-state index contributed by atoms with van der Waals surface area (Å²) >= 11 is 0. The third kappa shape index (κ3) is 7.44. The van der Waals surface area contributed by atoms with Gasteiger partial charge in [0.1, 0.15) is 0 Å². The molecule has 0 bridgehead atoms. The van der Waals surface area contributed by atoms with Crippen molar-refractivity contribution in [2.75, 3.05) is 12.4 Å². The van der Waals surface area contributed by atoms with E-state index in [9.17, 15) is 14.4 Å². The molecule has 6 nitrogen and oxygen atoms in total. The molecule has 0 radical (unpaired) electrons. The zero-order valence-corrected chi connectivity index (χ0v) is 13.7. The highest BCUT2D eigenvalue weighted by Gasteiger charge is 2.15. The Morgan fingerprint density at radius 3 is 2.39 bits per heavy atom. The van der Waals surface area contributed by atoms with Crippen molar-refractivity contribution < 1.29 is 23.9 Å². The second-order valence-corrected chi connectivity index (χ2v) is 5.61. The monoisotopic (exact) mass is 321 g/mol. The van der Waals surface area contributed by atoms with E-state index in [1.807, 2.05) is 13.8 Å². The topological polar surface area (TPSA) is 81.7 Å². The van der Waals surface area contributed by atoms with Gasteiger partial charge in [-0.3, -0.25) is 14.9 Å². The fourth-order valence-electron chi connectivity index (χ4n) is 1.88. The van der Waals surface area contributed by atoms with Gasteiger partial charge >= 0.3 is 12.1 Å². The average Bonchev–Trinajstić information content (AvgIpc) is 2.53. The molecule has 1 rings (SSSR count). The first-order chi connectivity index (χ1) is 10.9. The number of methoxy groups -OCH3 is 1. The van der Waals surface area contributed by atoms with Gasteiger partial charge in [-0.25, -0.2) is 4.79 Å². The maximum Gasteiger partial charge on any atom is 0.411 e. The van der Waals surface area contributed by atoms with Crippen molar-refractivity contribution in [3.05, 3.63) is 29.8 Å². The lowest BCUT2D eigenvalue weighted by molar-refractivity contribution is -0.152. The van der Waals surface area contributed by atoms with Crippen molar-refractivity contribution in [1.29, 1.82) is 0 Å². The van der Waals surface area contributed by atoms with Gasteiger partial charge in [-0.15, -0.1) is 0 Å². The molecule has 0 unspecified atom stereocenters. The Morgan fingerprint density at radius 1 is 1.22 bits per heavy atom. The summed E-state index contributed by atoms with van der Waals surface area (Å²) < 4.78 is 9.67. The Morgan fingerprint density at radius 2 is 1.87 bits per heavy atom. The predicted octanol–water partition coefficient (Wildman–Crippen LogP) is 2.95. The minimum Gasteiger partial charge on any atom is -0.454 e. The maximum atomic E-state index is 11.7. The van der Waals surface area contributed by atoms with Crippen LogP contribution in [0.2, 0.25) is 0 Å². The zero-order chi connectivity index (χ0) is 17.2. The second kappa shape index (κ2) is 9.61. The summed E-state index contributed by atoms with van der Waals surface area (Å²) in [5.41, 5.74) is 1.41. The number of hydrogen-bond acceptors (Lipinski definition) is 5. The van der Waals surface area contributed by atoms with Crippen molar-refractivity contribution in [1.82, 2.24) is 0 Å². The number of nitrogens with one attached hydrogen (secondary N) is 1. The molecule has 0 heterocycles. The summed E-state index contributed by atoms with van der Waals surface area (Å²) in [6.07, 6.45) is 0.627. The lowest BCUT2D eigenvalue weighted by atomic mass is 10.1. The molecule has 6 heteroatoms. The molecule has 1 N–H and O–H groups in total. The van der Waals surface area contributed by atoms with E-state index in [4.69, 9.17) is 4.74 Å². The van der Waals surface area contributed by atoms with Crippen molar-refractivity contribution in [3.63, 3.8) is 0 Å². The highest BCUT2D eigenvalue weighted by molar-refractivity contribution is 5.84. The van der Waals surface area contributed by atoms with Crippen molar-refractivity contribution in [2.24, 2.45) is 5.92 Å². The molecule has 1 atom stereocenters. The van der Waals surface area contributed by atoms with Crippen LogP contribution in [0.15, 0.2) is 24.3 Å². The molecular weight excluding hydrogens is 298 g/mol. The molecule has 1 aromatic carbocycles. The molecule has 0 saturated carbocycles. The van der Waals surface area contributed by atoms with E-state index in [1.165, 1.54) is 7.11 Å². The van der Waals surface area contributed by atoms with Crippen molar-refractivity contribution >= 4 is 24.0 Å². The van der Waals surface area contributed by atoms with Crippen LogP contribution in [0.1, 0.15) is 32.3 Å². The van der Waals surface area contributed by atoms with Crippen LogP contribution in [-0.2, 0) is 25.5 Å². The lowest BCUT2D eigenvalue weighted by Gasteiger charge is -2.13. The van der Waals surface area contributed by atoms with E-state index in [0.29, 0.717) is 30.7 Å². The van der Waals surface area contributed by atoms with Gasteiger partial charge in [0, 0.05) is 18.5 Å². The summed E-state index contributed by atoms with van der Waals surface area (Å²) in [7, 11) is 1.28. The summed E-state index contributed by atoms with van der Waals surface area (Å²) in [5.74, 6) is 0.0480. The Labute approximate surface area is 136 Å². The molecule has 0 saturated heterocycles. The van der Waals surface area contributed by atoms with Crippen molar-refractivity contribution in [2.45, 2.75) is 39.2 Å². The first-order valence-electron chi connectivity index (χ1n) is 7.53. The average molecular weight is 321 g/mol. The largest absolute Gasteiger partial charge is 0.454 e. The molecule has 0 fully saturated rings. The van der Waals surface area contributed by atoms with Crippen LogP contribution < -0.4 is 5.32 Å². The molecule has 1 aromatic rings. The van der Waals surface area contributed by atoms with Gasteiger partial charge < -0.3 is 9.47 Å². The van der Waals surface area contributed by atoms with Crippen LogP contribution >= 0.6 is 0 Å². The van der Waals surface area contributed by atoms with Gasteiger partial charge in [-0.2, -0.15) is 0 Å². The van der Waals surface area contributed by atoms with Gasteiger partial charge in [0.2, 0.25) is 0 Å². The minimum absolute atomic E-state index is 0.301. The number of rotatable bonds is 8. The Kier molecular flexibility index (Phi) is 7.80. The molecular formula is C17H23NO5. The molecule has 0 aliphatic carbocycles. The summed E-state index contributed by atoms with van der Waals surface area (Å²) in [4.78, 5) is 33.8. The standard InChI is InChI=1S/C17H23NO5/c1-12(2)4-9-16(20)23-15(11-19)10-13-5-7-14(8-6-13)18-17(21)22-3/h5-8,11-12,15H,4,9-10H2,1-3H3,(H,18,21)/t15-/m0/s1. The lowest BCUT2D eigenvalue weighted by Crippen LogP contribution is -2.22. The molecule has 0 aromatic heterocycles. The Bertz CT molecular complexity index is 524. The van der Waals surface area contributed by atoms with E-state index in [1.54, 1.807) is 24.3 Å². The van der Waals surface area contributed by atoms with Crippen LogP contribution in [0.5, 0.6) is 0 Å². The first-order valence-corrected chi connectivity index (χ1v) is 7.53. The van der Waals surface area contributed by atoms with Gasteiger partial charge in [0.05, 0.1) is 7.11 Å². The van der Waals surface area contributed by atoms with Gasteiger partial charge in [-0.05, 0) is 30.0 Å². The fourth-order valence-corrected chi connectivity index (χ4v) is 1.88. The number of carbonyl (C=O) groups excluding carboxylic acids is 3. The van der Waals surface area contributed by atoms with E-state index in [-0.39, 0.29) is 5.97 Å². The third-order valence-electron chi connectivity index (χ3n) is 3.18. The number of ether oxygens (including phenoxy) is 2. The van der Waals surface area contributed by atoms with E-state index in [0.717, 1.165) is 12.0 Å². The normalized spacial score (nSPS) is 11.7. The predicted molar refractivity (Wildman–Crippen MR) is 86.2 cm³/mol. The van der Waals surface area contributed by atoms with Gasteiger partial charge in [0.15, 0.2) is 12.4 Å². The maximum absolute atomic E-state index is 11.7. The second-order valence-electron chi connectivity index (χ2n) is 5.61. The number of aldehydes is 1. The van der Waals surface area contributed by atoms with Crippen molar-refractivity contribution in [3.8, 4) is 0 Å². The van der Waals surface area contributed by atoms with Crippen LogP contribution in [-0.4, -0.2) is 31.6 Å². The van der Waals surface area contributed by atoms with E-state index >= 15 is 0 Å². The quantitative estimate of drug-likeness (QED) is 0.588. The van der Waals surface area contributed by atoms with E-state index < -0.39 is 12.2 Å². The molecule has 0 aliphatic rings. The summed E-state index contributed by atoms with van der Waals surface area (Å²) in [6, 6.07) is 6.89. The van der Waals surface area contributed by atoms with Crippen LogP contribution in [0.25, 0.3) is 0 Å². The number of benzene rings is 1. The van der Waals surface area contributed by atoms with Crippen LogP contribution in [0.4, 0.5) is 10.5 Å². The molecule has 1 amide bonds. The number of hydrogen-bond donors (Lipinski definition) is 1. The summed E-state index contributed by atoms with van der Waals surface area (Å²) in [5, 5.41) is 2.53. The molecule has 0 aliphatic heterocycles. The first kappa shape index (κ1) is 18.7. The van der Waals surface area contributed by atoms with Gasteiger partial charge in [-0.1, -0.05) is 26.0 Å². The van der Waals surface area contributed by atoms with Crippen LogP contribution in [0, 0.1) is 5.92 Å². The fraction of sp³-hybridized carbons (Fsp3) is 0.471. The van der Waals surface area contributed by atoms with Gasteiger partial charge in [0.25, 0.3) is 0 Å². The zero-order valence-electron chi connectivity index (χ0n) is 13.7. The number of esters is 1.